The Morgan fingerprint density at radius 1 is 1.00 bits per heavy atom. The number of aromatic nitrogens is 3. The van der Waals surface area contributed by atoms with Crippen LogP contribution in [0, 0.1) is 11.2 Å². The van der Waals surface area contributed by atoms with Crippen molar-refractivity contribution in [3.8, 4) is 22.5 Å². The number of alkyl halides is 3. The highest BCUT2D eigenvalue weighted by Gasteiger charge is 2.35. The van der Waals surface area contributed by atoms with E-state index in [0.29, 0.717) is 28.2 Å². The van der Waals surface area contributed by atoms with E-state index in [0.717, 1.165) is 6.07 Å². The fourth-order valence-electron chi connectivity index (χ4n) is 3.21. The first kappa shape index (κ1) is 22.4. The number of hydrogen-bond donors (Lipinski definition) is 1. The summed E-state index contributed by atoms with van der Waals surface area (Å²) in [7, 11) is 0. The molecule has 1 N–H and O–H groups in total. The van der Waals surface area contributed by atoms with Gasteiger partial charge in [-0.25, -0.2) is 9.37 Å². The average Bonchev–Trinajstić information content (AvgIpc) is 3.16. The number of nitrogens with zero attached hydrogens (tertiary/aromatic N) is 3. The summed E-state index contributed by atoms with van der Waals surface area (Å²) in [6.45, 7) is 4.84. The number of benzene rings is 2. The topological polar surface area (TPSA) is 59.3 Å². The first-order chi connectivity index (χ1) is 15.4. The quantitative estimate of drug-likeness (QED) is 0.373. The summed E-state index contributed by atoms with van der Waals surface area (Å²) in [5.41, 5.74) is -0.280. The Kier molecular flexibility index (Phi) is 5.43. The summed E-state index contributed by atoms with van der Waals surface area (Å²) in [5, 5.41) is 2.39. The minimum atomic E-state index is -4.64. The van der Waals surface area contributed by atoms with Crippen molar-refractivity contribution >= 4 is 17.2 Å². The maximum atomic E-state index is 14.1. The van der Waals surface area contributed by atoms with Gasteiger partial charge in [0, 0.05) is 28.9 Å². The van der Waals surface area contributed by atoms with Gasteiger partial charge in [0.05, 0.1) is 28.8 Å². The summed E-state index contributed by atoms with van der Waals surface area (Å²) in [4.78, 5) is 21.0. The van der Waals surface area contributed by atoms with Crippen molar-refractivity contribution in [3.63, 3.8) is 0 Å². The summed E-state index contributed by atoms with van der Waals surface area (Å²) in [6, 6.07) is 9.66. The lowest BCUT2D eigenvalue weighted by molar-refractivity contribution is -0.137. The standard InChI is InChI=1S/C24H20F4N4O/c1-23(2,3)22(33)31-18-10-14(8-9-16(18)24(26,27)28)19-12-32-13-20(29-11-21(32)30-19)15-6-4-5-7-17(15)25/h4-13H,1-3H3,(H,31,33). The second-order valence-corrected chi connectivity index (χ2v) is 8.61. The van der Waals surface area contributed by atoms with Crippen LogP contribution < -0.4 is 5.32 Å². The first-order valence-electron chi connectivity index (χ1n) is 10.1. The summed E-state index contributed by atoms with van der Waals surface area (Å²) < 4.78 is 56.3. The van der Waals surface area contributed by atoms with E-state index < -0.39 is 28.9 Å². The Balaban J connectivity index is 1.76. The van der Waals surface area contributed by atoms with E-state index in [1.807, 2.05) is 0 Å². The normalized spacial score (nSPS) is 12.2. The number of rotatable bonds is 3. The van der Waals surface area contributed by atoms with Crippen LogP contribution in [-0.2, 0) is 11.0 Å². The van der Waals surface area contributed by atoms with Crippen molar-refractivity contribution in [2.75, 3.05) is 5.32 Å². The molecule has 0 aliphatic rings. The van der Waals surface area contributed by atoms with E-state index in [1.54, 1.807) is 55.8 Å². The Morgan fingerprint density at radius 2 is 1.70 bits per heavy atom. The van der Waals surface area contributed by atoms with Gasteiger partial charge in [0.15, 0.2) is 5.65 Å². The number of nitrogens with one attached hydrogen (secondary N) is 1. The van der Waals surface area contributed by atoms with Gasteiger partial charge in [-0.2, -0.15) is 13.2 Å². The van der Waals surface area contributed by atoms with Crippen LogP contribution in [0.2, 0.25) is 0 Å². The number of anilines is 1. The molecule has 2 aromatic heterocycles. The van der Waals surface area contributed by atoms with Gasteiger partial charge in [0.2, 0.25) is 5.91 Å². The van der Waals surface area contributed by atoms with Gasteiger partial charge in [-0.1, -0.05) is 39.0 Å². The largest absolute Gasteiger partial charge is 0.418 e. The Morgan fingerprint density at radius 3 is 2.36 bits per heavy atom. The predicted octanol–water partition coefficient (Wildman–Crippen LogP) is 6.21. The molecule has 0 saturated heterocycles. The average molecular weight is 456 g/mol. The zero-order valence-corrected chi connectivity index (χ0v) is 18.0. The molecule has 33 heavy (non-hydrogen) atoms. The molecule has 1 amide bonds. The Bertz CT molecular complexity index is 1350. The molecule has 0 aliphatic heterocycles. The number of halogens is 4. The minimum Gasteiger partial charge on any atom is -0.325 e. The van der Waals surface area contributed by atoms with Gasteiger partial charge in [-0.15, -0.1) is 0 Å². The second kappa shape index (κ2) is 7.99. The third-order valence-electron chi connectivity index (χ3n) is 5.04. The lowest BCUT2D eigenvalue weighted by Gasteiger charge is -2.20. The molecule has 0 aliphatic carbocycles. The number of fused-ring (bicyclic) bond motifs is 1. The monoisotopic (exact) mass is 456 g/mol. The highest BCUT2D eigenvalue weighted by molar-refractivity contribution is 5.96. The molecule has 2 aromatic carbocycles. The number of hydrogen-bond acceptors (Lipinski definition) is 3. The van der Waals surface area contributed by atoms with E-state index in [4.69, 9.17) is 0 Å². The Hall–Kier alpha value is -3.75. The second-order valence-electron chi connectivity index (χ2n) is 8.61. The number of imidazole rings is 1. The smallest absolute Gasteiger partial charge is 0.325 e. The predicted molar refractivity (Wildman–Crippen MR) is 117 cm³/mol. The van der Waals surface area contributed by atoms with Crippen LogP contribution >= 0.6 is 0 Å². The van der Waals surface area contributed by atoms with Crippen LogP contribution in [-0.4, -0.2) is 20.3 Å². The molecule has 4 aromatic rings. The Labute approximate surface area is 187 Å². The van der Waals surface area contributed by atoms with Gasteiger partial charge >= 0.3 is 6.18 Å². The summed E-state index contributed by atoms with van der Waals surface area (Å²) >= 11 is 0. The number of amides is 1. The van der Waals surface area contributed by atoms with Crippen molar-refractivity contribution in [2.45, 2.75) is 26.9 Å². The van der Waals surface area contributed by atoms with Crippen LogP contribution in [0.4, 0.5) is 23.2 Å². The lowest BCUT2D eigenvalue weighted by Crippen LogP contribution is -2.28. The fraction of sp³-hybridized carbons (Fsp3) is 0.208. The van der Waals surface area contributed by atoms with E-state index in [1.165, 1.54) is 24.4 Å². The SMILES string of the molecule is CC(C)(C)C(=O)Nc1cc(-c2cn3cc(-c4ccccc4F)ncc3n2)ccc1C(F)(F)F. The van der Waals surface area contributed by atoms with Crippen LogP contribution in [0.1, 0.15) is 26.3 Å². The van der Waals surface area contributed by atoms with Crippen LogP contribution in [0.15, 0.2) is 61.1 Å². The summed E-state index contributed by atoms with van der Waals surface area (Å²) in [5.74, 6) is -0.967. The van der Waals surface area contributed by atoms with E-state index in [-0.39, 0.29) is 5.69 Å². The van der Waals surface area contributed by atoms with Gasteiger partial charge in [0.1, 0.15) is 5.82 Å². The van der Waals surface area contributed by atoms with Crippen LogP contribution in [0.3, 0.4) is 0 Å². The maximum absolute atomic E-state index is 14.1. The fourth-order valence-corrected chi connectivity index (χ4v) is 3.21. The number of carbonyl (C=O) groups excluding carboxylic acids is 1. The zero-order chi connectivity index (χ0) is 24.0. The third-order valence-corrected chi connectivity index (χ3v) is 5.04. The van der Waals surface area contributed by atoms with E-state index >= 15 is 0 Å². The molecule has 0 atom stereocenters. The molecule has 0 spiro atoms. The highest BCUT2D eigenvalue weighted by atomic mass is 19.4. The molecular formula is C24H20F4N4O. The zero-order valence-electron chi connectivity index (χ0n) is 18.0. The molecule has 170 valence electrons. The third kappa shape index (κ3) is 4.57. The molecule has 9 heteroatoms. The minimum absolute atomic E-state index is 0.316. The van der Waals surface area contributed by atoms with Crippen molar-refractivity contribution in [2.24, 2.45) is 5.41 Å². The van der Waals surface area contributed by atoms with Crippen LogP contribution in [0.25, 0.3) is 28.2 Å². The van der Waals surface area contributed by atoms with Crippen molar-refractivity contribution in [1.82, 2.24) is 14.4 Å². The molecule has 0 radical (unpaired) electrons. The van der Waals surface area contributed by atoms with Gasteiger partial charge < -0.3 is 9.72 Å². The van der Waals surface area contributed by atoms with E-state index in [9.17, 15) is 22.4 Å². The van der Waals surface area contributed by atoms with Crippen molar-refractivity contribution in [3.05, 3.63) is 72.4 Å². The lowest BCUT2D eigenvalue weighted by atomic mass is 9.95. The molecule has 4 rings (SSSR count). The molecule has 5 nitrogen and oxygen atoms in total. The van der Waals surface area contributed by atoms with Gasteiger partial charge in [-0.05, 0) is 24.3 Å². The number of carbonyl (C=O) groups is 1. The summed E-state index contributed by atoms with van der Waals surface area (Å²) in [6.07, 6.45) is 0.0180. The van der Waals surface area contributed by atoms with Crippen molar-refractivity contribution < 1.29 is 22.4 Å². The molecule has 0 unspecified atom stereocenters. The van der Waals surface area contributed by atoms with E-state index in [2.05, 4.69) is 15.3 Å². The van der Waals surface area contributed by atoms with Crippen LogP contribution in [0.5, 0.6) is 0 Å². The molecule has 0 saturated carbocycles. The van der Waals surface area contributed by atoms with Gasteiger partial charge in [-0.3, -0.25) is 9.78 Å². The molecular weight excluding hydrogens is 436 g/mol. The molecule has 0 fully saturated rings. The first-order valence-corrected chi connectivity index (χ1v) is 10.1. The molecule has 2 heterocycles. The highest BCUT2D eigenvalue weighted by Crippen LogP contribution is 2.38. The maximum Gasteiger partial charge on any atom is 0.418 e. The molecule has 0 bridgehead atoms. The van der Waals surface area contributed by atoms with Crippen molar-refractivity contribution in [1.29, 1.82) is 0 Å². The van der Waals surface area contributed by atoms with Gasteiger partial charge in [0.25, 0.3) is 0 Å².